The molecule has 1 amide bonds. The van der Waals surface area contributed by atoms with Crippen molar-refractivity contribution in [3.05, 3.63) is 52.8 Å². The van der Waals surface area contributed by atoms with Gasteiger partial charge in [-0.1, -0.05) is 24.3 Å². The molecule has 2 aromatic rings. The average molecular weight is 359 g/mol. The van der Waals surface area contributed by atoms with Crippen LogP contribution in [0.4, 0.5) is 0 Å². The number of rotatable bonds is 10. The Bertz CT molecular complexity index is 712. The molecular formula is C20H29N3O3. The summed E-state index contributed by atoms with van der Waals surface area (Å²) in [4.78, 5) is 12.1. The predicted molar refractivity (Wildman–Crippen MR) is 101 cm³/mol. The number of benzene rings is 1. The monoisotopic (exact) mass is 359 g/mol. The number of nitrogens with one attached hydrogen (secondary N) is 1. The highest BCUT2D eigenvalue weighted by atomic mass is 16.5. The normalized spacial score (nSPS) is 12.2. The Morgan fingerprint density at radius 1 is 1.23 bits per heavy atom. The number of aryl methyl sites for hydroxylation is 2. The van der Waals surface area contributed by atoms with E-state index in [0.717, 1.165) is 29.1 Å². The minimum absolute atomic E-state index is 0.120. The Kier molecular flexibility index (Phi) is 7.81. The van der Waals surface area contributed by atoms with Crippen molar-refractivity contribution in [3.63, 3.8) is 0 Å². The number of hydrogen-bond donors (Lipinski definition) is 1. The highest BCUT2D eigenvalue weighted by molar-refractivity contribution is 5.80. The third kappa shape index (κ3) is 6.28. The molecule has 6 heteroatoms. The van der Waals surface area contributed by atoms with E-state index in [2.05, 4.69) is 35.5 Å². The molecule has 0 aliphatic rings. The Morgan fingerprint density at radius 3 is 2.69 bits per heavy atom. The Balaban J connectivity index is 1.84. The fourth-order valence-electron chi connectivity index (χ4n) is 2.68. The van der Waals surface area contributed by atoms with Gasteiger partial charge in [-0.3, -0.25) is 9.48 Å². The zero-order chi connectivity index (χ0) is 18.9. The Hall–Kier alpha value is -2.18. The zero-order valence-electron chi connectivity index (χ0n) is 16.1. The number of amides is 1. The van der Waals surface area contributed by atoms with E-state index < -0.39 is 6.10 Å². The lowest BCUT2D eigenvalue weighted by molar-refractivity contribution is -0.132. The van der Waals surface area contributed by atoms with Gasteiger partial charge < -0.3 is 14.8 Å². The van der Waals surface area contributed by atoms with E-state index in [1.165, 1.54) is 0 Å². The molecule has 1 N–H and O–H groups in total. The SMILES string of the molecule is CCOCCOC(C)C(=O)NCc1cccc(Cn2nc(C)cc2C)c1. The second kappa shape index (κ2) is 10.1. The summed E-state index contributed by atoms with van der Waals surface area (Å²) in [7, 11) is 0. The van der Waals surface area contributed by atoms with Crippen molar-refractivity contribution in [3.8, 4) is 0 Å². The van der Waals surface area contributed by atoms with Crippen molar-refractivity contribution in [1.82, 2.24) is 15.1 Å². The van der Waals surface area contributed by atoms with Crippen molar-refractivity contribution in [2.45, 2.75) is 46.9 Å². The summed E-state index contributed by atoms with van der Waals surface area (Å²) < 4.78 is 12.7. The van der Waals surface area contributed by atoms with Gasteiger partial charge >= 0.3 is 0 Å². The summed E-state index contributed by atoms with van der Waals surface area (Å²) in [6, 6.07) is 10.2. The molecule has 1 aromatic heterocycles. The van der Waals surface area contributed by atoms with E-state index in [4.69, 9.17) is 9.47 Å². The van der Waals surface area contributed by atoms with Crippen LogP contribution < -0.4 is 5.32 Å². The van der Waals surface area contributed by atoms with Crippen LogP contribution in [0.2, 0.25) is 0 Å². The lowest BCUT2D eigenvalue weighted by Gasteiger charge is -2.14. The number of carbonyl (C=O) groups is 1. The van der Waals surface area contributed by atoms with Crippen molar-refractivity contribution in [2.24, 2.45) is 0 Å². The highest BCUT2D eigenvalue weighted by Gasteiger charge is 2.12. The number of ether oxygens (including phenoxy) is 2. The first-order chi connectivity index (χ1) is 12.5. The molecule has 0 saturated heterocycles. The largest absolute Gasteiger partial charge is 0.379 e. The minimum Gasteiger partial charge on any atom is -0.379 e. The fourth-order valence-corrected chi connectivity index (χ4v) is 2.68. The molecule has 26 heavy (non-hydrogen) atoms. The lowest BCUT2D eigenvalue weighted by Crippen LogP contribution is -2.34. The van der Waals surface area contributed by atoms with Crippen LogP contribution in [0.25, 0.3) is 0 Å². The van der Waals surface area contributed by atoms with Crippen LogP contribution in [0.15, 0.2) is 30.3 Å². The number of aromatic nitrogens is 2. The molecule has 0 fully saturated rings. The first kappa shape index (κ1) is 20.1. The molecule has 0 bridgehead atoms. The minimum atomic E-state index is -0.492. The molecule has 0 spiro atoms. The molecule has 1 atom stereocenters. The van der Waals surface area contributed by atoms with Crippen LogP contribution >= 0.6 is 0 Å². The molecule has 1 unspecified atom stereocenters. The maximum atomic E-state index is 12.1. The Labute approximate surface area is 155 Å². The van der Waals surface area contributed by atoms with Gasteiger partial charge in [0.05, 0.1) is 25.5 Å². The molecular weight excluding hydrogens is 330 g/mol. The fraction of sp³-hybridized carbons (Fsp3) is 0.500. The molecule has 0 aliphatic heterocycles. The summed E-state index contributed by atoms with van der Waals surface area (Å²) in [5, 5.41) is 7.41. The van der Waals surface area contributed by atoms with Crippen LogP contribution in [0, 0.1) is 13.8 Å². The number of hydrogen-bond acceptors (Lipinski definition) is 4. The van der Waals surface area contributed by atoms with E-state index in [-0.39, 0.29) is 5.91 Å². The Morgan fingerprint density at radius 2 is 2.00 bits per heavy atom. The van der Waals surface area contributed by atoms with E-state index in [1.807, 2.05) is 30.7 Å². The van der Waals surface area contributed by atoms with Crippen molar-refractivity contribution < 1.29 is 14.3 Å². The number of carbonyl (C=O) groups excluding carboxylic acids is 1. The van der Waals surface area contributed by atoms with Gasteiger partial charge in [0.2, 0.25) is 5.91 Å². The molecule has 6 nitrogen and oxygen atoms in total. The predicted octanol–water partition coefficient (Wildman–Crippen LogP) is 2.61. The maximum absolute atomic E-state index is 12.1. The van der Waals surface area contributed by atoms with Gasteiger partial charge in [0.25, 0.3) is 0 Å². The molecule has 0 radical (unpaired) electrons. The van der Waals surface area contributed by atoms with Crippen LogP contribution in [0.1, 0.15) is 36.4 Å². The maximum Gasteiger partial charge on any atom is 0.249 e. The summed E-state index contributed by atoms with van der Waals surface area (Å²) in [5.41, 5.74) is 4.37. The molecule has 142 valence electrons. The summed E-state index contributed by atoms with van der Waals surface area (Å²) in [5.74, 6) is -0.120. The average Bonchev–Trinajstić information content (AvgIpc) is 2.94. The summed E-state index contributed by atoms with van der Waals surface area (Å²) >= 11 is 0. The first-order valence-electron chi connectivity index (χ1n) is 9.05. The van der Waals surface area contributed by atoms with Gasteiger partial charge in [-0.2, -0.15) is 5.10 Å². The van der Waals surface area contributed by atoms with Gasteiger partial charge in [-0.25, -0.2) is 0 Å². The smallest absolute Gasteiger partial charge is 0.249 e. The third-order valence-electron chi connectivity index (χ3n) is 4.06. The van der Waals surface area contributed by atoms with Gasteiger partial charge in [0.1, 0.15) is 6.10 Å². The first-order valence-corrected chi connectivity index (χ1v) is 9.05. The summed E-state index contributed by atoms with van der Waals surface area (Å²) in [6.45, 7) is 10.5. The van der Waals surface area contributed by atoms with Crippen LogP contribution in [-0.2, 0) is 27.4 Å². The molecule has 1 aromatic carbocycles. The molecule has 0 aliphatic carbocycles. The standard InChI is InChI=1S/C20H29N3O3/c1-5-25-9-10-26-17(4)20(24)21-13-18-7-6-8-19(12-18)14-23-16(3)11-15(2)22-23/h6-8,11-12,17H,5,9-10,13-14H2,1-4H3,(H,21,24). The van der Waals surface area contributed by atoms with Crippen LogP contribution in [-0.4, -0.2) is 41.6 Å². The van der Waals surface area contributed by atoms with E-state index >= 15 is 0 Å². The highest BCUT2D eigenvalue weighted by Crippen LogP contribution is 2.10. The molecule has 0 saturated carbocycles. The van der Waals surface area contributed by atoms with Crippen molar-refractivity contribution in [2.75, 3.05) is 19.8 Å². The number of nitrogens with zero attached hydrogens (tertiary/aromatic N) is 2. The van der Waals surface area contributed by atoms with E-state index in [0.29, 0.717) is 26.4 Å². The van der Waals surface area contributed by atoms with E-state index in [1.54, 1.807) is 6.92 Å². The zero-order valence-corrected chi connectivity index (χ0v) is 16.1. The third-order valence-corrected chi connectivity index (χ3v) is 4.06. The summed E-state index contributed by atoms with van der Waals surface area (Å²) in [6.07, 6.45) is -0.492. The van der Waals surface area contributed by atoms with Crippen LogP contribution in [0.3, 0.4) is 0 Å². The van der Waals surface area contributed by atoms with Crippen molar-refractivity contribution >= 4 is 5.91 Å². The van der Waals surface area contributed by atoms with Crippen LogP contribution in [0.5, 0.6) is 0 Å². The second-order valence-corrected chi connectivity index (χ2v) is 6.33. The molecule has 2 rings (SSSR count). The van der Waals surface area contributed by atoms with Crippen molar-refractivity contribution in [1.29, 1.82) is 0 Å². The topological polar surface area (TPSA) is 65.4 Å². The lowest BCUT2D eigenvalue weighted by atomic mass is 10.1. The van der Waals surface area contributed by atoms with Gasteiger partial charge in [-0.05, 0) is 44.9 Å². The quantitative estimate of drug-likeness (QED) is 0.662. The van der Waals surface area contributed by atoms with Gasteiger partial charge in [-0.15, -0.1) is 0 Å². The second-order valence-electron chi connectivity index (χ2n) is 6.33. The van der Waals surface area contributed by atoms with Gasteiger partial charge in [0.15, 0.2) is 0 Å². The molecule has 1 heterocycles. The van der Waals surface area contributed by atoms with Gasteiger partial charge in [0, 0.05) is 18.8 Å². The van der Waals surface area contributed by atoms with E-state index in [9.17, 15) is 4.79 Å².